The van der Waals surface area contributed by atoms with Crippen LogP contribution in [0.25, 0.3) is 0 Å². The summed E-state index contributed by atoms with van der Waals surface area (Å²) in [5.74, 6) is 6.84. The lowest BCUT2D eigenvalue weighted by Crippen LogP contribution is -1.95. The topological polar surface area (TPSA) is 0 Å². The van der Waals surface area contributed by atoms with Gasteiger partial charge in [0.2, 0.25) is 0 Å². The maximum Gasteiger partial charge on any atom is 0.0288 e. The summed E-state index contributed by atoms with van der Waals surface area (Å²) in [6.45, 7) is 6.37. The Kier molecular flexibility index (Phi) is 4.78. The molecule has 0 aliphatic carbocycles. The Morgan fingerprint density at radius 1 is 1.33 bits per heavy atom. The molecule has 0 nitrogen and oxygen atoms in total. The molecule has 0 saturated carbocycles. The third kappa shape index (κ3) is 4.01. The van der Waals surface area contributed by atoms with Crippen LogP contribution in [-0.2, 0) is 6.42 Å². The number of rotatable bonds is 3. The van der Waals surface area contributed by atoms with Gasteiger partial charge in [0.15, 0.2) is 0 Å². The summed E-state index contributed by atoms with van der Waals surface area (Å²) in [6.07, 6.45) is 2.32. The Morgan fingerprint density at radius 3 is 2.67 bits per heavy atom. The van der Waals surface area contributed by atoms with E-state index in [1.54, 1.807) is 0 Å². The third-order valence-corrected chi connectivity index (χ3v) is 2.62. The molecule has 1 aromatic rings. The molecule has 0 bridgehead atoms. The van der Waals surface area contributed by atoms with Crippen molar-refractivity contribution >= 4 is 12.6 Å². The van der Waals surface area contributed by atoms with Crippen LogP contribution in [-0.4, -0.2) is 0 Å². The molecule has 1 rings (SSSR count). The van der Waals surface area contributed by atoms with Gasteiger partial charge in [-0.15, -0.1) is 18.5 Å². The van der Waals surface area contributed by atoms with E-state index in [1.807, 2.05) is 13.0 Å². The molecular formula is C14H18S. The van der Waals surface area contributed by atoms with Gasteiger partial charge in [-0.25, -0.2) is 0 Å². The van der Waals surface area contributed by atoms with Gasteiger partial charge < -0.3 is 0 Å². The Morgan fingerprint density at radius 2 is 2.07 bits per heavy atom. The molecule has 0 amide bonds. The number of thiol groups is 1. The molecule has 80 valence electrons. The molecule has 0 radical (unpaired) electrons. The van der Waals surface area contributed by atoms with E-state index in [-0.39, 0.29) is 0 Å². The second kappa shape index (κ2) is 5.88. The first-order valence-corrected chi connectivity index (χ1v) is 5.83. The van der Waals surface area contributed by atoms with Gasteiger partial charge in [0.1, 0.15) is 0 Å². The summed E-state index contributed by atoms with van der Waals surface area (Å²) in [5.41, 5.74) is 2.47. The number of hydrogen-bond acceptors (Lipinski definition) is 1. The molecule has 0 spiro atoms. The zero-order valence-corrected chi connectivity index (χ0v) is 10.6. The Hall–Kier alpha value is -0.870. The van der Waals surface area contributed by atoms with E-state index < -0.39 is 0 Å². The van der Waals surface area contributed by atoms with E-state index in [0.717, 1.165) is 22.8 Å². The van der Waals surface area contributed by atoms with Crippen LogP contribution in [0.4, 0.5) is 0 Å². The van der Waals surface area contributed by atoms with Crippen LogP contribution in [0.15, 0.2) is 23.1 Å². The van der Waals surface area contributed by atoms with E-state index in [9.17, 15) is 0 Å². The first-order chi connectivity index (χ1) is 7.13. The van der Waals surface area contributed by atoms with E-state index in [0.29, 0.717) is 0 Å². The third-order valence-electron chi connectivity index (χ3n) is 2.34. The Bertz CT molecular complexity index is 380. The standard InChI is InChI=1S/C14H18S/c1-4-5-13-10-14(15)9-8-12(13)7-6-11(2)3/h8-11,15H,6-7H2,1-3H3. The molecule has 0 aliphatic rings. The van der Waals surface area contributed by atoms with Crippen LogP contribution in [0, 0.1) is 17.8 Å². The molecule has 1 aromatic carbocycles. The molecule has 0 aromatic heterocycles. The molecular weight excluding hydrogens is 200 g/mol. The highest BCUT2D eigenvalue weighted by molar-refractivity contribution is 7.80. The number of benzene rings is 1. The zero-order chi connectivity index (χ0) is 11.3. The van der Waals surface area contributed by atoms with E-state index in [2.05, 4.69) is 50.4 Å². The van der Waals surface area contributed by atoms with E-state index >= 15 is 0 Å². The fourth-order valence-electron chi connectivity index (χ4n) is 1.48. The fraction of sp³-hybridized carbons (Fsp3) is 0.429. The van der Waals surface area contributed by atoms with Crippen molar-refractivity contribution in [2.45, 2.75) is 38.5 Å². The normalized spacial score (nSPS) is 9.93. The first-order valence-electron chi connectivity index (χ1n) is 5.38. The highest BCUT2D eigenvalue weighted by Gasteiger charge is 2.02. The van der Waals surface area contributed by atoms with Crippen molar-refractivity contribution in [2.75, 3.05) is 0 Å². The van der Waals surface area contributed by atoms with Crippen LogP contribution < -0.4 is 0 Å². The summed E-state index contributed by atoms with van der Waals surface area (Å²) in [6, 6.07) is 6.24. The van der Waals surface area contributed by atoms with Crippen LogP contribution in [0.3, 0.4) is 0 Å². The highest BCUT2D eigenvalue weighted by Crippen LogP contribution is 2.17. The summed E-state index contributed by atoms with van der Waals surface area (Å²) in [5, 5.41) is 0. The van der Waals surface area contributed by atoms with Gasteiger partial charge in [-0.05, 0) is 43.4 Å². The van der Waals surface area contributed by atoms with Crippen molar-refractivity contribution in [3.8, 4) is 11.8 Å². The lowest BCUT2D eigenvalue weighted by atomic mass is 9.99. The summed E-state index contributed by atoms with van der Waals surface area (Å²) in [4.78, 5) is 0.987. The monoisotopic (exact) mass is 218 g/mol. The molecule has 0 atom stereocenters. The maximum absolute atomic E-state index is 4.34. The largest absolute Gasteiger partial charge is 0.143 e. The lowest BCUT2D eigenvalue weighted by molar-refractivity contribution is 0.586. The van der Waals surface area contributed by atoms with Gasteiger partial charge in [-0.1, -0.05) is 25.8 Å². The van der Waals surface area contributed by atoms with E-state index in [1.165, 1.54) is 12.0 Å². The van der Waals surface area contributed by atoms with Gasteiger partial charge in [0.25, 0.3) is 0 Å². The fourth-order valence-corrected chi connectivity index (χ4v) is 1.68. The van der Waals surface area contributed by atoms with Gasteiger partial charge in [-0.2, -0.15) is 0 Å². The van der Waals surface area contributed by atoms with Crippen molar-refractivity contribution < 1.29 is 0 Å². The molecule has 0 N–H and O–H groups in total. The molecule has 0 aliphatic heterocycles. The zero-order valence-electron chi connectivity index (χ0n) is 9.67. The summed E-state index contributed by atoms with van der Waals surface area (Å²) >= 11 is 4.34. The van der Waals surface area contributed by atoms with Crippen molar-refractivity contribution in [3.63, 3.8) is 0 Å². The predicted octanol–water partition coefficient (Wildman–Crippen LogP) is 3.94. The average molecular weight is 218 g/mol. The minimum absolute atomic E-state index is 0.739. The second-order valence-corrected chi connectivity index (χ2v) is 4.67. The molecule has 0 heterocycles. The predicted molar refractivity (Wildman–Crippen MR) is 69.4 cm³/mol. The van der Waals surface area contributed by atoms with Crippen LogP contribution >= 0.6 is 12.6 Å². The smallest absolute Gasteiger partial charge is 0.0288 e. The SMILES string of the molecule is CC#Cc1cc(S)ccc1CCC(C)C. The van der Waals surface area contributed by atoms with Crippen molar-refractivity contribution in [2.24, 2.45) is 5.92 Å². The molecule has 0 unspecified atom stereocenters. The maximum atomic E-state index is 4.34. The highest BCUT2D eigenvalue weighted by atomic mass is 32.1. The summed E-state index contributed by atoms with van der Waals surface area (Å²) < 4.78 is 0. The van der Waals surface area contributed by atoms with Gasteiger partial charge in [-0.3, -0.25) is 0 Å². The molecule has 0 fully saturated rings. The van der Waals surface area contributed by atoms with Gasteiger partial charge >= 0.3 is 0 Å². The minimum atomic E-state index is 0.739. The Balaban J connectivity index is 2.89. The van der Waals surface area contributed by atoms with E-state index in [4.69, 9.17) is 0 Å². The van der Waals surface area contributed by atoms with Crippen LogP contribution in [0.1, 0.15) is 38.3 Å². The Labute approximate surface area is 98.5 Å². The van der Waals surface area contributed by atoms with Crippen LogP contribution in [0.2, 0.25) is 0 Å². The van der Waals surface area contributed by atoms with Crippen molar-refractivity contribution in [1.29, 1.82) is 0 Å². The van der Waals surface area contributed by atoms with Crippen molar-refractivity contribution in [3.05, 3.63) is 29.3 Å². The lowest BCUT2D eigenvalue weighted by Gasteiger charge is -2.07. The molecule has 0 saturated heterocycles. The minimum Gasteiger partial charge on any atom is -0.143 e. The number of hydrogen-bond donors (Lipinski definition) is 1. The van der Waals surface area contributed by atoms with Gasteiger partial charge in [0.05, 0.1) is 0 Å². The van der Waals surface area contributed by atoms with Gasteiger partial charge in [0, 0.05) is 10.5 Å². The molecule has 15 heavy (non-hydrogen) atoms. The summed E-state index contributed by atoms with van der Waals surface area (Å²) in [7, 11) is 0. The van der Waals surface area contributed by atoms with Crippen LogP contribution in [0.5, 0.6) is 0 Å². The average Bonchev–Trinajstić information content (AvgIpc) is 2.17. The quantitative estimate of drug-likeness (QED) is 0.576. The second-order valence-electron chi connectivity index (χ2n) is 4.15. The molecule has 1 heteroatoms. The van der Waals surface area contributed by atoms with Crippen molar-refractivity contribution in [1.82, 2.24) is 0 Å². The number of aryl methyl sites for hydroxylation is 1. The first kappa shape index (κ1) is 12.2.